The number of nitrogens with two attached hydrogens (primary N) is 1. The third-order valence-electron chi connectivity index (χ3n) is 4.13. The number of thiocarbonyl (C=S) groups is 1. The van der Waals surface area contributed by atoms with Crippen LogP contribution in [-0.2, 0) is 14.3 Å². The Morgan fingerprint density at radius 3 is 2.40 bits per heavy atom. The summed E-state index contributed by atoms with van der Waals surface area (Å²) >= 11 is 5.12. The van der Waals surface area contributed by atoms with Crippen molar-refractivity contribution in [2.45, 2.75) is 45.6 Å². The number of esters is 1. The van der Waals surface area contributed by atoms with Crippen LogP contribution in [0.2, 0.25) is 0 Å². The second-order valence-corrected chi connectivity index (χ2v) is 6.37. The smallest absolute Gasteiger partial charge is 0.325 e. The summed E-state index contributed by atoms with van der Waals surface area (Å²) in [6.07, 6.45) is 3.25. The van der Waals surface area contributed by atoms with E-state index in [2.05, 4.69) is 6.92 Å². The molecule has 0 heterocycles. The normalized spacial score (nSPS) is 28.4. The molecule has 2 aliphatic rings. The molecule has 0 aromatic carbocycles. The Balaban J connectivity index is 2.10. The van der Waals surface area contributed by atoms with Gasteiger partial charge >= 0.3 is 5.97 Å². The van der Waals surface area contributed by atoms with E-state index in [1.165, 1.54) is 0 Å². The lowest BCUT2D eigenvalue weighted by Crippen LogP contribution is -2.58. The molecule has 2 saturated carbocycles. The van der Waals surface area contributed by atoms with Gasteiger partial charge in [-0.15, -0.1) is 0 Å². The Labute approximate surface area is 124 Å². The first-order valence-corrected chi connectivity index (χ1v) is 7.58. The van der Waals surface area contributed by atoms with Crippen molar-refractivity contribution in [1.29, 1.82) is 0 Å². The number of nitrogens with zero attached hydrogens (tertiary/aromatic N) is 1. The Morgan fingerprint density at radius 1 is 1.40 bits per heavy atom. The van der Waals surface area contributed by atoms with E-state index >= 15 is 0 Å². The summed E-state index contributed by atoms with van der Waals surface area (Å²) in [7, 11) is 0. The minimum atomic E-state index is -0.732. The summed E-state index contributed by atoms with van der Waals surface area (Å²) in [6.45, 7) is 4.17. The standard InChI is InChI=1S/C14H22N2O3S/c1-3-19-11(17)8-16(10-4-5-10)13(18)14(12(15)20)6-9(2)7-14/h9-10H,3-8H2,1-2H3,(H2,15,20). The zero-order valence-corrected chi connectivity index (χ0v) is 12.9. The quantitative estimate of drug-likeness (QED) is 0.590. The van der Waals surface area contributed by atoms with Crippen molar-refractivity contribution in [2.75, 3.05) is 13.2 Å². The van der Waals surface area contributed by atoms with Gasteiger partial charge in [0, 0.05) is 6.04 Å². The first-order chi connectivity index (χ1) is 9.40. The number of amides is 1. The van der Waals surface area contributed by atoms with E-state index in [9.17, 15) is 9.59 Å². The molecule has 0 aliphatic heterocycles. The molecule has 2 N–H and O–H groups in total. The summed E-state index contributed by atoms with van der Waals surface area (Å²) < 4.78 is 4.95. The summed E-state index contributed by atoms with van der Waals surface area (Å²) in [4.78, 5) is 26.4. The highest BCUT2D eigenvalue weighted by Crippen LogP contribution is 2.48. The molecule has 2 fully saturated rings. The molecule has 2 rings (SSSR count). The summed E-state index contributed by atoms with van der Waals surface area (Å²) in [6, 6.07) is 0.147. The molecule has 0 unspecified atom stereocenters. The average molecular weight is 298 g/mol. The molecular formula is C14H22N2O3S. The van der Waals surface area contributed by atoms with Gasteiger partial charge in [-0.1, -0.05) is 19.1 Å². The van der Waals surface area contributed by atoms with Gasteiger partial charge in [0.15, 0.2) is 0 Å². The van der Waals surface area contributed by atoms with Gasteiger partial charge in [0.1, 0.15) is 6.54 Å². The molecular weight excluding hydrogens is 276 g/mol. The Kier molecular flexibility index (Phi) is 4.32. The average Bonchev–Trinajstić information content (AvgIpc) is 3.15. The van der Waals surface area contributed by atoms with E-state index in [1.54, 1.807) is 11.8 Å². The van der Waals surface area contributed by atoms with Crippen molar-refractivity contribution >= 4 is 29.1 Å². The maximum Gasteiger partial charge on any atom is 0.325 e. The topological polar surface area (TPSA) is 72.6 Å². The van der Waals surface area contributed by atoms with E-state index in [-0.39, 0.29) is 29.5 Å². The van der Waals surface area contributed by atoms with Crippen LogP contribution in [0.3, 0.4) is 0 Å². The third-order valence-corrected chi connectivity index (χ3v) is 4.52. The van der Waals surface area contributed by atoms with Crippen molar-refractivity contribution in [2.24, 2.45) is 17.1 Å². The van der Waals surface area contributed by atoms with Crippen molar-refractivity contribution in [3.63, 3.8) is 0 Å². The lowest BCUT2D eigenvalue weighted by atomic mass is 9.61. The molecule has 0 atom stereocenters. The van der Waals surface area contributed by atoms with Gasteiger partial charge in [0.2, 0.25) is 5.91 Å². The summed E-state index contributed by atoms with van der Waals surface area (Å²) in [5.41, 5.74) is 5.08. The first kappa shape index (κ1) is 15.2. The summed E-state index contributed by atoms with van der Waals surface area (Å²) in [5.74, 6) is 0.000890. The molecule has 0 saturated heterocycles. The minimum Gasteiger partial charge on any atom is -0.465 e. The Bertz CT molecular complexity index is 428. The zero-order valence-electron chi connectivity index (χ0n) is 12.1. The second-order valence-electron chi connectivity index (χ2n) is 5.93. The molecule has 112 valence electrons. The number of carbonyl (C=O) groups is 2. The Morgan fingerprint density at radius 2 is 2.00 bits per heavy atom. The molecule has 2 aliphatic carbocycles. The molecule has 0 radical (unpaired) electrons. The molecule has 0 spiro atoms. The second kappa shape index (κ2) is 5.68. The zero-order chi connectivity index (χ0) is 14.9. The van der Waals surface area contributed by atoms with Crippen LogP contribution < -0.4 is 5.73 Å². The van der Waals surface area contributed by atoms with Crippen molar-refractivity contribution < 1.29 is 14.3 Å². The van der Waals surface area contributed by atoms with E-state index < -0.39 is 5.41 Å². The summed E-state index contributed by atoms with van der Waals surface area (Å²) in [5, 5.41) is 0. The number of ether oxygens (including phenoxy) is 1. The molecule has 1 amide bonds. The van der Waals surface area contributed by atoms with Crippen LogP contribution in [0.4, 0.5) is 0 Å². The van der Waals surface area contributed by atoms with E-state index in [0.717, 1.165) is 12.8 Å². The van der Waals surface area contributed by atoms with E-state index in [1.807, 2.05) is 0 Å². The van der Waals surface area contributed by atoms with Crippen LogP contribution >= 0.6 is 12.2 Å². The van der Waals surface area contributed by atoms with E-state index in [0.29, 0.717) is 25.4 Å². The number of hydrogen-bond donors (Lipinski definition) is 1. The predicted molar refractivity (Wildman–Crippen MR) is 79.0 cm³/mol. The highest BCUT2D eigenvalue weighted by atomic mass is 32.1. The molecule has 0 aromatic heterocycles. The van der Waals surface area contributed by atoms with Crippen LogP contribution in [-0.4, -0.2) is 41.0 Å². The molecule has 0 aromatic rings. The lowest BCUT2D eigenvalue weighted by molar-refractivity contribution is -0.154. The van der Waals surface area contributed by atoms with Gasteiger partial charge in [0.05, 0.1) is 17.0 Å². The molecule has 6 heteroatoms. The van der Waals surface area contributed by atoms with E-state index in [4.69, 9.17) is 22.7 Å². The fraction of sp³-hybridized carbons (Fsp3) is 0.786. The van der Waals surface area contributed by atoms with Gasteiger partial charge in [-0.2, -0.15) is 0 Å². The van der Waals surface area contributed by atoms with Crippen LogP contribution in [0.25, 0.3) is 0 Å². The maximum absolute atomic E-state index is 12.8. The number of hydrogen-bond acceptors (Lipinski definition) is 4. The fourth-order valence-corrected chi connectivity index (χ4v) is 3.24. The van der Waals surface area contributed by atoms with Crippen LogP contribution in [0.15, 0.2) is 0 Å². The predicted octanol–water partition coefficient (Wildman–Crippen LogP) is 1.24. The molecule has 0 bridgehead atoms. The van der Waals surface area contributed by atoms with Crippen LogP contribution in [0, 0.1) is 11.3 Å². The largest absolute Gasteiger partial charge is 0.465 e. The van der Waals surface area contributed by atoms with Gasteiger partial charge < -0.3 is 15.4 Å². The molecule has 20 heavy (non-hydrogen) atoms. The maximum atomic E-state index is 12.8. The van der Waals surface area contributed by atoms with Crippen molar-refractivity contribution in [3.8, 4) is 0 Å². The highest BCUT2D eigenvalue weighted by molar-refractivity contribution is 7.80. The first-order valence-electron chi connectivity index (χ1n) is 7.17. The van der Waals surface area contributed by atoms with Gasteiger partial charge in [-0.05, 0) is 38.5 Å². The van der Waals surface area contributed by atoms with Gasteiger partial charge in [-0.25, -0.2) is 0 Å². The fourth-order valence-electron chi connectivity index (χ4n) is 2.98. The van der Waals surface area contributed by atoms with Gasteiger partial charge in [-0.3, -0.25) is 9.59 Å². The third kappa shape index (κ3) is 2.80. The van der Waals surface area contributed by atoms with Crippen molar-refractivity contribution in [1.82, 2.24) is 4.90 Å². The van der Waals surface area contributed by atoms with Gasteiger partial charge in [0.25, 0.3) is 0 Å². The van der Waals surface area contributed by atoms with Crippen LogP contribution in [0.1, 0.15) is 39.5 Å². The highest BCUT2D eigenvalue weighted by Gasteiger charge is 2.54. The Hall–Kier alpha value is -1.17. The number of rotatable bonds is 6. The number of carbonyl (C=O) groups excluding carboxylic acids is 2. The monoisotopic (exact) mass is 298 g/mol. The lowest BCUT2D eigenvalue weighted by Gasteiger charge is -2.46. The minimum absolute atomic E-state index is 0.0100. The van der Waals surface area contributed by atoms with Crippen LogP contribution in [0.5, 0.6) is 0 Å². The SMILES string of the molecule is CCOC(=O)CN(C(=O)C1(C(N)=S)CC(C)C1)C1CC1. The molecule has 5 nitrogen and oxygen atoms in total. The van der Waals surface area contributed by atoms with Crippen molar-refractivity contribution in [3.05, 3.63) is 0 Å².